The molecule has 164 valence electrons. The lowest BCUT2D eigenvalue weighted by atomic mass is 9.59. The van der Waals surface area contributed by atoms with E-state index in [1.807, 2.05) is 0 Å². The molecule has 0 spiro atoms. The average molecular weight is 438 g/mol. The highest BCUT2D eigenvalue weighted by Gasteiger charge is 2.60. The number of Topliss-reactive ketones (excluding diaryl/α,β-unsaturated/α-hetero) is 2. The van der Waals surface area contributed by atoms with Crippen LogP contribution in [0.15, 0.2) is 45.9 Å². The Hall–Kier alpha value is -3.92. The third-order valence-electron chi connectivity index (χ3n) is 6.61. The number of ketones is 2. The van der Waals surface area contributed by atoms with E-state index in [1.54, 1.807) is 6.07 Å². The summed E-state index contributed by atoms with van der Waals surface area (Å²) < 4.78 is 5.36. The first-order valence-electron chi connectivity index (χ1n) is 9.88. The van der Waals surface area contributed by atoms with E-state index < -0.39 is 52.0 Å². The number of nitrogens with zero attached hydrogens (tertiary/aromatic N) is 1. The zero-order chi connectivity index (χ0) is 22.9. The van der Waals surface area contributed by atoms with Gasteiger partial charge >= 0.3 is 0 Å². The minimum atomic E-state index is -2.58. The summed E-state index contributed by atoms with van der Waals surface area (Å²) in [6.45, 7) is 0. The number of aliphatic hydroxyl groups excluding tert-OH is 2. The van der Waals surface area contributed by atoms with Crippen LogP contribution in [0.25, 0.3) is 17.2 Å². The van der Waals surface area contributed by atoms with E-state index in [1.165, 1.54) is 18.5 Å². The van der Waals surface area contributed by atoms with Crippen molar-refractivity contribution in [2.24, 2.45) is 17.6 Å². The van der Waals surface area contributed by atoms with Gasteiger partial charge in [-0.25, -0.2) is 4.98 Å². The molecule has 2 aromatic rings. The van der Waals surface area contributed by atoms with Gasteiger partial charge in [-0.05, 0) is 36.5 Å². The molecule has 0 unspecified atom stereocenters. The lowest BCUT2D eigenvalue weighted by molar-refractivity contribution is -0.147. The first kappa shape index (κ1) is 20.0. The number of fused-ring (bicyclic) bond motifs is 3. The van der Waals surface area contributed by atoms with Crippen molar-refractivity contribution in [1.29, 1.82) is 0 Å². The predicted molar refractivity (Wildman–Crippen MR) is 107 cm³/mol. The maximum atomic E-state index is 13.4. The van der Waals surface area contributed by atoms with Crippen molar-refractivity contribution in [2.45, 2.75) is 24.9 Å². The van der Waals surface area contributed by atoms with Crippen molar-refractivity contribution in [3.63, 3.8) is 0 Å². The number of primary amides is 1. The van der Waals surface area contributed by atoms with Crippen LogP contribution in [0.2, 0.25) is 0 Å². The molecule has 6 N–H and O–H groups in total. The number of benzene rings is 1. The molecule has 1 heterocycles. The minimum Gasteiger partial charge on any atom is -0.508 e. The van der Waals surface area contributed by atoms with Gasteiger partial charge in [0, 0.05) is 23.5 Å². The Labute approximate surface area is 180 Å². The summed E-state index contributed by atoms with van der Waals surface area (Å²) >= 11 is 0. The van der Waals surface area contributed by atoms with Crippen LogP contribution in [0.5, 0.6) is 5.75 Å². The summed E-state index contributed by atoms with van der Waals surface area (Å²) in [5, 5.41) is 43.2. The fourth-order valence-corrected chi connectivity index (χ4v) is 5.18. The number of aliphatic hydroxyl groups is 3. The predicted octanol–water partition coefficient (Wildman–Crippen LogP) is 1.08. The number of aromatic nitrogens is 1. The van der Waals surface area contributed by atoms with E-state index in [0.29, 0.717) is 11.1 Å². The Morgan fingerprint density at radius 2 is 1.94 bits per heavy atom. The summed E-state index contributed by atoms with van der Waals surface area (Å²) in [6.07, 6.45) is 2.70. The molecule has 5 rings (SSSR count). The maximum Gasteiger partial charge on any atom is 0.255 e. The van der Waals surface area contributed by atoms with Crippen LogP contribution < -0.4 is 5.73 Å². The number of amides is 1. The van der Waals surface area contributed by atoms with Gasteiger partial charge in [-0.1, -0.05) is 0 Å². The molecule has 0 bridgehead atoms. The number of hydrogen-bond acceptors (Lipinski definition) is 9. The number of aromatic hydroxyl groups is 1. The Morgan fingerprint density at radius 3 is 2.59 bits per heavy atom. The third kappa shape index (κ3) is 2.43. The molecule has 1 fully saturated rings. The van der Waals surface area contributed by atoms with Crippen molar-refractivity contribution in [3.8, 4) is 17.2 Å². The molecule has 10 nitrogen and oxygen atoms in total. The van der Waals surface area contributed by atoms with Crippen molar-refractivity contribution in [3.05, 3.63) is 52.6 Å². The lowest BCUT2D eigenvalue weighted by Crippen LogP contribution is -2.58. The summed E-state index contributed by atoms with van der Waals surface area (Å²) in [7, 11) is 0. The fraction of sp³-hybridized carbons (Fsp3) is 0.273. The monoisotopic (exact) mass is 438 g/mol. The standard InChI is InChI=1S/C22H18N2O8/c23-20(30)16-13(26)7-9-5-8-6-11-10(21-24-3-4-32-21)1-2-12(25)15(11)17(27)14(8)18(28)22(9,31)19(16)29/h1-4,8-9,25,27,29,31H,5-7H2,(H2,23,30)/t8-,9+,22+/m1/s1. The molecule has 1 aromatic carbocycles. The van der Waals surface area contributed by atoms with Crippen LogP contribution in [-0.4, -0.2) is 48.5 Å². The topological polar surface area (TPSA) is 184 Å². The van der Waals surface area contributed by atoms with Gasteiger partial charge < -0.3 is 30.6 Å². The number of phenolic OH excluding ortho intramolecular Hbond substituents is 1. The van der Waals surface area contributed by atoms with Gasteiger partial charge in [-0.3, -0.25) is 14.4 Å². The molecule has 3 aliphatic rings. The van der Waals surface area contributed by atoms with E-state index in [-0.39, 0.29) is 42.0 Å². The quantitative estimate of drug-likeness (QED) is 0.428. The van der Waals surface area contributed by atoms with Crippen LogP contribution >= 0.6 is 0 Å². The molecular weight excluding hydrogens is 420 g/mol. The van der Waals surface area contributed by atoms with E-state index >= 15 is 0 Å². The summed E-state index contributed by atoms with van der Waals surface area (Å²) in [5.41, 5.74) is 2.58. The van der Waals surface area contributed by atoms with Gasteiger partial charge in [0.2, 0.25) is 11.7 Å². The number of oxazole rings is 1. The van der Waals surface area contributed by atoms with Crippen LogP contribution in [0, 0.1) is 11.8 Å². The number of rotatable bonds is 2. The molecule has 10 heteroatoms. The lowest BCUT2D eigenvalue weighted by Gasteiger charge is -2.46. The van der Waals surface area contributed by atoms with E-state index in [9.17, 15) is 34.8 Å². The molecule has 0 radical (unpaired) electrons. The normalized spacial score (nSPS) is 27.2. The SMILES string of the molecule is NC(=O)C1=C(O)[C@@]2(O)C(=O)C3=C(O)c4c(O)ccc(-c5ncco5)c4C[C@H]3C[C@H]2CC1=O. The summed E-state index contributed by atoms with van der Waals surface area (Å²) in [4.78, 5) is 41.5. The van der Waals surface area contributed by atoms with Gasteiger partial charge in [0.05, 0.1) is 11.8 Å². The van der Waals surface area contributed by atoms with E-state index in [4.69, 9.17) is 10.2 Å². The number of phenols is 1. The zero-order valence-corrected chi connectivity index (χ0v) is 16.5. The van der Waals surface area contributed by atoms with Gasteiger partial charge in [0.15, 0.2) is 11.4 Å². The van der Waals surface area contributed by atoms with Crippen molar-refractivity contribution >= 4 is 23.2 Å². The molecule has 0 saturated heterocycles. The smallest absolute Gasteiger partial charge is 0.255 e. The highest BCUT2D eigenvalue weighted by molar-refractivity contribution is 6.22. The van der Waals surface area contributed by atoms with Gasteiger partial charge in [-0.2, -0.15) is 0 Å². The Balaban J connectivity index is 1.72. The average Bonchev–Trinajstić information content (AvgIpc) is 3.25. The highest BCUT2D eigenvalue weighted by Crippen LogP contribution is 2.52. The van der Waals surface area contributed by atoms with Crippen molar-refractivity contribution in [1.82, 2.24) is 4.98 Å². The molecule has 3 atom stereocenters. The second-order valence-corrected chi connectivity index (χ2v) is 8.23. The first-order chi connectivity index (χ1) is 15.2. The van der Waals surface area contributed by atoms with E-state index in [2.05, 4.69) is 4.98 Å². The van der Waals surface area contributed by atoms with Crippen LogP contribution in [0.1, 0.15) is 24.0 Å². The second kappa shape index (κ2) is 6.54. The highest BCUT2D eigenvalue weighted by atomic mass is 16.4. The molecule has 3 aliphatic carbocycles. The molecular formula is C22H18N2O8. The first-order valence-corrected chi connectivity index (χ1v) is 9.88. The summed E-state index contributed by atoms with van der Waals surface area (Å²) in [5.74, 6) is -6.37. The van der Waals surface area contributed by atoms with E-state index in [0.717, 1.165) is 0 Å². The second-order valence-electron chi connectivity index (χ2n) is 8.23. The van der Waals surface area contributed by atoms with Crippen LogP contribution in [0.4, 0.5) is 0 Å². The van der Waals surface area contributed by atoms with Crippen LogP contribution in [-0.2, 0) is 20.8 Å². The Bertz CT molecular complexity index is 1270. The molecule has 1 saturated carbocycles. The fourth-order valence-electron chi connectivity index (χ4n) is 5.18. The van der Waals surface area contributed by atoms with Gasteiger partial charge in [0.25, 0.3) is 5.91 Å². The molecule has 1 amide bonds. The third-order valence-corrected chi connectivity index (χ3v) is 6.61. The van der Waals surface area contributed by atoms with Crippen LogP contribution in [0.3, 0.4) is 0 Å². The number of nitrogens with two attached hydrogens (primary N) is 1. The number of hydrogen-bond donors (Lipinski definition) is 5. The Morgan fingerprint density at radius 1 is 1.19 bits per heavy atom. The van der Waals surface area contributed by atoms with Gasteiger partial charge in [0.1, 0.15) is 29.1 Å². The Kier molecular flexibility index (Phi) is 4.09. The maximum absolute atomic E-state index is 13.4. The number of carbonyl (C=O) groups is 3. The van der Waals surface area contributed by atoms with Gasteiger partial charge in [-0.15, -0.1) is 0 Å². The summed E-state index contributed by atoms with van der Waals surface area (Å²) in [6, 6.07) is 2.90. The molecule has 1 aromatic heterocycles. The zero-order valence-electron chi connectivity index (χ0n) is 16.5. The molecule has 0 aliphatic heterocycles. The molecule has 32 heavy (non-hydrogen) atoms. The minimum absolute atomic E-state index is 0.00664. The van der Waals surface area contributed by atoms with Crippen molar-refractivity contribution < 1.29 is 39.2 Å². The largest absolute Gasteiger partial charge is 0.508 e. The van der Waals surface area contributed by atoms with Crippen molar-refractivity contribution in [2.75, 3.05) is 0 Å². The number of carbonyl (C=O) groups excluding carboxylic acids is 3.